The predicted molar refractivity (Wildman–Crippen MR) is 170 cm³/mol. The fraction of sp³-hybridized carbons (Fsp3) is 0.0385. The van der Waals surface area contributed by atoms with Crippen molar-refractivity contribution in [3.8, 4) is 11.5 Å². The van der Waals surface area contributed by atoms with Crippen LogP contribution in [0.1, 0.15) is 0 Å². The van der Waals surface area contributed by atoms with E-state index in [0.29, 0.717) is 0 Å². The Labute approximate surface area is 361 Å². The van der Waals surface area contributed by atoms with Crippen molar-refractivity contribution in [2.75, 3.05) is 17.7 Å². The number of hydrogen-bond acceptors (Lipinski definition) is 15. The van der Waals surface area contributed by atoms with Gasteiger partial charge in [-0.15, -0.1) is 10.2 Å². The van der Waals surface area contributed by atoms with Gasteiger partial charge in [-0.1, -0.05) is 6.07 Å². The minimum Gasteiger partial charge on any atom is -0.505 e. The summed E-state index contributed by atoms with van der Waals surface area (Å²) in [5, 5.41) is 23.7. The average Bonchev–Trinajstić information content (AvgIpc) is 2.99. The van der Waals surface area contributed by atoms with E-state index in [9.17, 15) is 44.0 Å². The zero-order valence-electron chi connectivity index (χ0n) is 26.8. The molecular weight excluding hydrogens is 787 g/mol. The summed E-state index contributed by atoms with van der Waals surface area (Å²) in [6.07, 6.45) is 0. The van der Waals surface area contributed by atoms with Crippen molar-refractivity contribution in [1.82, 2.24) is 15.0 Å². The minimum atomic E-state index is -5.06. The number of benzene rings is 4. The van der Waals surface area contributed by atoms with Crippen molar-refractivity contribution in [1.29, 1.82) is 0 Å². The van der Waals surface area contributed by atoms with Crippen LogP contribution in [-0.4, -0.2) is 66.1 Å². The Morgan fingerprint density at radius 3 is 1.88 bits per heavy atom. The Morgan fingerprint density at radius 1 is 0.706 bits per heavy atom. The Hall–Kier alpha value is -2.03. The summed E-state index contributed by atoms with van der Waals surface area (Å²) >= 11 is 6.04. The second kappa shape index (κ2) is 17.9. The first-order valence-electron chi connectivity index (χ1n) is 12.8. The molecule has 0 aliphatic heterocycles. The molecule has 250 valence electrons. The van der Waals surface area contributed by atoms with Crippen LogP contribution < -0.4 is 104 Å². The fourth-order valence-corrected chi connectivity index (χ4v) is 6.17. The number of phenols is 1. The van der Waals surface area contributed by atoms with Gasteiger partial charge in [-0.05, 0) is 71.6 Å². The van der Waals surface area contributed by atoms with Crippen molar-refractivity contribution in [3.63, 3.8) is 0 Å². The second-order valence-corrected chi connectivity index (χ2v) is 14.0. The van der Waals surface area contributed by atoms with Crippen molar-refractivity contribution in [3.05, 3.63) is 72.0 Å². The normalized spacial score (nSPS) is 11.6. The van der Waals surface area contributed by atoms with Gasteiger partial charge >= 0.3 is 88.7 Å². The molecule has 0 fully saturated rings. The van der Waals surface area contributed by atoms with E-state index in [4.69, 9.17) is 16.3 Å². The maximum absolute atomic E-state index is 12.3. The number of rotatable bonds is 10. The number of aromatic hydroxyl groups is 1. The van der Waals surface area contributed by atoms with Crippen LogP contribution >= 0.6 is 11.6 Å². The van der Waals surface area contributed by atoms with E-state index in [-0.39, 0.29) is 139 Å². The topological polar surface area (TPSA) is 280 Å². The van der Waals surface area contributed by atoms with Gasteiger partial charge in [0, 0.05) is 22.8 Å². The molecule has 0 saturated carbocycles. The molecule has 0 aliphatic carbocycles. The average molecular weight is 807 g/mol. The van der Waals surface area contributed by atoms with Gasteiger partial charge in [-0.2, -0.15) is 40.2 Å². The maximum atomic E-state index is 12.3. The molecule has 0 radical (unpaired) electrons. The third-order valence-corrected chi connectivity index (χ3v) is 9.05. The molecule has 0 aliphatic rings. The monoisotopic (exact) mass is 806 g/mol. The van der Waals surface area contributed by atoms with Crippen LogP contribution in [0.4, 0.5) is 34.6 Å². The van der Waals surface area contributed by atoms with E-state index in [1.165, 1.54) is 49.6 Å². The zero-order chi connectivity index (χ0) is 35.0. The smallest absolute Gasteiger partial charge is 0.505 e. The van der Waals surface area contributed by atoms with Crippen LogP contribution in [0.3, 0.4) is 0 Å². The van der Waals surface area contributed by atoms with E-state index >= 15 is 0 Å². The predicted octanol–water partition coefficient (Wildman–Crippen LogP) is -3.95. The second-order valence-electron chi connectivity index (χ2n) is 9.50. The number of ether oxygens (including phenoxy) is 1. The molecule has 0 atom stereocenters. The van der Waals surface area contributed by atoms with Gasteiger partial charge in [0.15, 0.2) is 5.75 Å². The van der Waals surface area contributed by atoms with Crippen LogP contribution in [0.25, 0.3) is 10.8 Å². The van der Waals surface area contributed by atoms with E-state index < -0.39 is 57.3 Å². The number of azo groups is 1. The molecule has 0 saturated heterocycles. The molecular formula is C26H20ClN7Na3O11S3+3. The zero-order valence-corrected chi connectivity index (χ0v) is 36.0. The van der Waals surface area contributed by atoms with Gasteiger partial charge in [-0.25, -0.2) is 0 Å². The fourth-order valence-electron chi connectivity index (χ4n) is 4.19. The number of anilines is 4. The Kier molecular flexibility index (Phi) is 15.8. The largest absolute Gasteiger partial charge is 1.00 e. The van der Waals surface area contributed by atoms with Gasteiger partial charge < -0.3 is 20.5 Å². The SMILES string of the molecule is COc1ccc(N=Nc2c(S(=O)(=O)O)cc3cc(Nc4nc(Cl)nc(Nc5cccc(S(=O)(=O)O)c5)n4)ccc3c2O)c(S(=O)(=O)O)c1.[Na+].[Na+].[Na+]. The van der Waals surface area contributed by atoms with Crippen molar-refractivity contribution in [2.24, 2.45) is 10.2 Å². The Morgan fingerprint density at radius 2 is 1.31 bits per heavy atom. The number of nitrogens with one attached hydrogen (secondary N) is 2. The molecule has 1 aromatic heterocycles. The van der Waals surface area contributed by atoms with Gasteiger partial charge in [-0.3, -0.25) is 13.7 Å². The van der Waals surface area contributed by atoms with Gasteiger partial charge in [0.1, 0.15) is 26.9 Å². The number of hydrogen-bond donors (Lipinski definition) is 6. The molecule has 0 amide bonds. The van der Waals surface area contributed by atoms with Gasteiger partial charge in [0.2, 0.25) is 17.2 Å². The number of halogens is 1. The van der Waals surface area contributed by atoms with Crippen molar-refractivity contribution < 1.29 is 137 Å². The molecule has 51 heavy (non-hydrogen) atoms. The first kappa shape index (κ1) is 45.1. The molecule has 5 rings (SSSR count). The number of methoxy groups -OCH3 is 1. The van der Waals surface area contributed by atoms with Crippen molar-refractivity contribution >= 4 is 87.4 Å². The summed E-state index contributed by atoms with van der Waals surface area (Å²) < 4.78 is 105. The number of aromatic nitrogens is 3. The molecule has 0 spiro atoms. The van der Waals surface area contributed by atoms with E-state index in [0.717, 1.165) is 24.3 Å². The van der Waals surface area contributed by atoms with Gasteiger partial charge in [0.05, 0.1) is 12.0 Å². The first-order valence-corrected chi connectivity index (χ1v) is 17.5. The molecule has 6 N–H and O–H groups in total. The summed E-state index contributed by atoms with van der Waals surface area (Å²) in [6.45, 7) is 0. The maximum Gasteiger partial charge on any atom is 1.00 e. The number of phenolic OH excluding ortho intramolecular Hbond substituents is 1. The van der Waals surface area contributed by atoms with Gasteiger partial charge in [0.25, 0.3) is 30.4 Å². The van der Waals surface area contributed by atoms with Crippen molar-refractivity contribution in [2.45, 2.75) is 14.7 Å². The molecule has 5 aromatic rings. The summed E-state index contributed by atoms with van der Waals surface area (Å²) in [7, 11) is -13.1. The third-order valence-electron chi connectivity index (χ3n) is 6.28. The Bertz CT molecular complexity index is 2480. The molecule has 0 bridgehead atoms. The molecule has 1 heterocycles. The summed E-state index contributed by atoms with van der Waals surface area (Å²) in [5.41, 5.74) is -0.753. The van der Waals surface area contributed by atoms with E-state index in [2.05, 4.69) is 35.8 Å². The Balaban J connectivity index is 0.00000300. The van der Waals surface area contributed by atoms with Crippen LogP contribution in [0.2, 0.25) is 5.28 Å². The summed E-state index contributed by atoms with van der Waals surface area (Å²) in [5.74, 6) is -0.947. The van der Waals surface area contributed by atoms with Crippen LogP contribution in [0.15, 0.2) is 91.6 Å². The standard InChI is InChI=1S/C26H20ClN7O11S3.3Na/c1-45-16-6-8-19(20(12-16)47(39,40)41)33-34-22-21(48(42,43)44)10-13-9-15(5-7-18(13)23(22)35)29-26-31-24(27)30-25(32-26)28-14-3-2-4-17(11-14)46(36,37)38;;;/h2-12,35H,1H3,(H,36,37,38)(H,39,40,41)(H,42,43,44)(H2,28,29,30,31,32);;;/q;3*+1. The number of nitrogens with zero attached hydrogens (tertiary/aromatic N) is 5. The molecule has 25 heteroatoms. The minimum absolute atomic E-state index is 0. The molecule has 18 nitrogen and oxygen atoms in total. The van der Waals surface area contributed by atoms with Crippen LogP contribution in [0.5, 0.6) is 11.5 Å². The molecule has 0 unspecified atom stereocenters. The van der Waals surface area contributed by atoms with Crippen LogP contribution in [-0.2, 0) is 30.4 Å². The summed E-state index contributed by atoms with van der Waals surface area (Å²) in [6, 6.07) is 13.6. The third kappa shape index (κ3) is 11.2. The van der Waals surface area contributed by atoms with Crippen LogP contribution in [0, 0.1) is 0 Å². The van der Waals surface area contributed by atoms with E-state index in [1.54, 1.807) is 0 Å². The quantitative estimate of drug-likeness (QED) is 0.0446. The first-order chi connectivity index (χ1) is 22.4. The molecule has 4 aromatic carbocycles. The van der Waals surface area contributed by atoms with E-state index in [1.807, 2.05) is 0 Å². The summed E-state index contributed by atoms with van der Waals surface area (Å²) in [4.78, 5) is 10.0. The number of fused-ring (bicyclic) bond motifs is 1.